The zero-order valence-electron chi connectivity index (χ0n) is 9.22. The second kappa shape index (κ2) is 5.92. The van der Waals surface area contributed by atoms with Crippen molar-refractivity contribution in [2.75, 3.05) is 0 Å². The Bertz CT molecular complexity index is 348. The SMILES string of the molecule is Clc1cccc(CBr)c1OC1CCCCC1. The number of rotatable bonds is 3. The molecular weight excluding hydrogens is 287 g/mol. The van der Waals surface area contributed by atoms with Crippen molar-refractivity contribution in [3.63, 3.8) is 0 Å². The number of halogens is 2. The van der Waals surface area contributed by atoms with Crippen molar-refractivity contribution in [3.05, 3.63) is 28.8 Å². The van der Waals surface area contributed by atoms with E-state index in [1.165, 1.54) is 19.3 Å². The van der Waals surface area contributed by atoms with Crippen molar-refractivity contribution >= 4 is 27.5 Å². The maximum Gasteiger partial charge on any atom is 0.142 e. The molecule has 0 spiro atoms. The summed E-state index contributed by atoms with van der Waals surface area (Å²) >= 11 is 9.65. The Balaban J connectivity index is 2.12. The van der Waals surface area contributed by atoms with E-state index >= 15 is 0 Å². The van der Waals surface area contributed by atoms with Crippen LogP contribution < -0.4 is 4.74 Å². The van der Waals surface area contributed by atoms with Gasteiger partial charge in [0.05, 0.1) is 11.1 Å². The Labute approximate surface area is 110 Å². The molecule has 0 atom stereocenters. The summed E-state index contributed by atoms with van der Waals surface area (Å²) in [6, 6.07) is 5.91. The van der Waals surface area contributed by atoms with Crippen LogP contribution in [0.15, 0.2) is 18.2 Å². The molecule has 0 aromatic heterocycles. The average molecular weight is 304 g/mol. The van der Waals surface area contributed by atoms with Gasteiger partial charge in [-0.1, -0.05) is 46.1 Å². The van der Waals surface area contributed by atoms with Crippen LogP contribution in [0, 0.1) is 0 Å². The highest BCUT2D eigenvalue weighted by Gasteiger charge is 2.17. The predicted molar refractivity (Wildman–Crippen MR) is 71.6 cm³/mol. The molecule has 2 rings (SSSR count). The molecule has 16 heavy (non-hydrogen) atoms. The van der Waals surface area contributed by atoms with E-state index in [1.807, 2.05) is 12.1 Å². The third-order valence-electron chi connectivity index (χ3n) is 3.03. The first-order valence-corrected chi connectivity index (χ1v) is 7.31. The second-order valence-electron chi connectivity index (χ2n) is 4.24. The number of hydrogen-bond donors (Lipinski definition) is 0. The van der Waals surface area contributed by atoms with Crippen LogP contribution in [0.1, 0.15) is 37.7 Å². The summed E-state index contributed by atoms with van der Waals surface area (Å²) in [6.07, 6.45) is 6.57. The zero-order valence-corrected chi connectivity index (χ0v) is 11.6. The van der Waals surface area contributed by atoms with Gasteiger partial charge in [0.25, 0.3) is 0 Å². The van der Waals surface area contributed by atoms with Gasteiger partial charge in [-0.2, -0.15) is 0 Å². The molecule has 0 radical (unpaired) electrons. The molecule has 0 unspecified atom stereocenters. The lowest BCUT2D eigenvalue weighted by molar-refractivity contribution is 0.154. The maximum atomic E-state index is 6.18. The van der Waals surface area contributed by atoms with Crippen LogP contribution in [-0.4, -0.2) is 6.10 Å². The third kappa shape index (κ3) is 2.92. The molecule has 1 saturated carbocycles. The Morgan fingerprint density at radius 3 is 2.69 bits per heavy atom. The number of ether oxygens (including phenoxy) is 1. The lowest BCUT2D eigenvalue weighted by Gasteiger charge is -2.24. The molecule has 0 saturated heterocycles. The molecule has 1 nitrogen and oxygen atoms in total. The number of alkyl halides is 1. The first-order chi connectivity index (χ1) is 7.81. The Morgan fingerprint density at radius 2 is 2.00 bits per heavy atom. The molecule has 88 valence electrons. The topological polar surface area (TPSA) is 9.23 Å². The summed E-state index contributed by atoms with van der Waals surface area (Å²) in [5, 5.41) is 1.51. The summed E-state index contributed by atoms with van der Waals surface area (Å²) in [6.45, 7) is 0. The fourth-order valence-corrected chi connectivity index (χ4v) is 2.82. The van der Waals surface area contributed by atoms with Crippen LogP contribution in [0.3, 0.4) is 0 Å². The minimum atomic E-state index is 0.353. The van der Waals surface area contributed by atoms with Crippen LogP contribution in [0.25, 0.3) is 0 Å². The van der Waals surface area contributed by atoms with E-state index in [1.54, 1.807) is 0 Å². The van der Waals surface area contributed by atoms with E-state index in [9.17, 15) is 0 Å². The standard InChI is InChI=1S/C13H16BrClO/c14-9-10-5-4-8-12(15)13(10)16-11-6-2-1-3-7-11/h4-5,8,11H,1-3,6-7,9H2. The van der Waals surface area contributed by atoms with Crippen molar-refractivity contribution in [3.8, 4) is 5.75 Å². The van der Waals surface area contributed by atoms with Gasteiger partial charge in [-0.3, -0.25) is 0 Å². The first-order valence-electron chi connectivity index (χ1n) is 5.81. The average Bonchev–Trinajstić information content (AvgIpc) is 2.33. The van der Waals surface area contributed by atoms with Gasteiger partial charge in [-0.05, 0) is 31.7 Å². The van der Waals surface area contributed by atoms with Crippen molar-refractivity contribution in [1.82, 2.24) is 0 Å². The van der Waals surface area contributed by atoms with Crippen molar-refractivity contribution in [2.24, 2.45) is 0 Å². The van der Waals surface area contributed by atoms with E-state index < -0.39 is 0 Å². The summed E-state index contributed by atoms with van der Waals surface area (Å²) in [4.78, 5) is 0. The molecule has 0 amide bonds. The molecule has 1 aromatic rings. The number of hydrogen-bond acceptors (Lipinski definition) is 1. The summed E-state index contributed by atoms with van der Waals surface area (Å²) < 4.78 is 6.05. The lowest BCUT2D eigenvalue weighted by Crippen LogP contribution is -2.20. The second-order valence-corrected chi connectivity index (χ2v) is 5.21. The van der Waals surface area contributed by atoms with Gasteiger partial charge in [0.1, 0.15) is 5.75 Å². The quantitative estimate of drug-likeness (QED) is 0.718. The van der Waals surface area contributed by atoms with Crippen molar-refractivity contribution in [1.29, 1.82) is 0 Å². The molecule has 0 bridgehead atoms. The molecule has 0 heterocycles. The molecule has 1 aliphatic carbocycles. The molecule has 1 aliphatic rings. The largest absolute Gasteiger partial charge is 0.489 e. The number of benzene rings is 1. The molecule has 0 aliphatic heterocycles. The summed E-state index contributed by atoms with van der Waals surface area (Å²) in [5.41, 5.74) is 1.14. The zero-order chi connectivity index (χ0) is 11.4. The highest BCUT2D eigenvalue weighted by atomic mass is 79.9. The number of para-hydroxylation sites is 1. The highest BCUT2D eigenvalue weighted by Crippen LogP contribution is 2.33. The molecular formula is C13H16BrClO. The fourth-order valence-electron chi connectivity index (χ4n) is 2.14. The maximum absolute atomic E-state index is 6.18. The minimum absolute atomic E-state index is 0.353. The Morgan fingerprint density at radius 1 is 1.25 bits per heavy atom. The van der Waals surface area contributed by atoms with E-state index in [2.05, 4.69) is 22.0 Å². The smallest absolute Gasteiger partial charge is 0.142 e. The van der Waals surface area contributed by atoms with Crippen molar-refractivity contribution in [2.45, 2.75) is 43.5 Å². The van der Waals surface area contributed by atoms with Crippen LogP contribution in [0.4, 0.5) is 0 Å². The minimum Gasteiger partial charge on any atom is -0.489 e. The Kier molecular flexibility index (Phi) is 4.54. The normalized spacial score (nSPS) is 17.4. The van der Waals surface area contributed by atoms with Crippen LogP contribution >= 0.6 is 27.5 Å². The Hall–Kier alpha value is -0.210. The monoisotopic (exact) mass is 302 g/mol. The van der Waals surface area contributed by atoms with Crippen LogP contribution in [-0.2, 0) is 5.33 Å². The van der Waals surface area contributed by atoms with Gasteiger partial charge in [0.2, 0.25) is 0 Å². The lowest BCUT2D eigenvalue weighted by atomic mass is 9.98. The van der Waals surface area contributed by atoms with Gasteiger partial charge in [-0.15, -0.1) is 0 Å². The highest BCUT2D eigenvalue weighted by molar-refractivity contribution is 9.08. The molecule has 1 fully saturated rings. The summed E-state index contributed by atoms with van der Waals surface area (Å²) in [7, 11) is 0. The van der Waals surface area contributed by atoms with Gasteiger partial charge in [-0.25, -0.2) is 0 Å². The first kappa shape index (κ1) is 12.3. The van der Waals surface area contributed by atoms with E-state index in [4.69, 9.17) is 16.3 Å². The summed E-state index contributed by atoms with van der Waals surface area (Å²) in [5.74, 6) is 0.868. The molecule has 0 N–H and O–H groups in total. The predicted octanol–water partition coefficient (Wildman–Crippen LogP) is 4.95. The van der Waals surface area contributed by atoms with Gasteiger partial charge >= 0.3 is 0 Å². The third-order valence-corrected chi connectivity index (χ3v) is 3.93. The van der Waals surface area contributed by atoms with Gasteiger partial charge < -0.3 is 4.74 Å². The van der Waals surface area contributed by atoms with Crippen molar-refractivity contribution < 1.29 is 4.74 Å². The fraction of sp³-hybridized carbons (Fsp3) is 0.538. The van der Waals surface area contributed by atoms with E-state index in [0.29, 0.717) is 6.10 Å². The van der Waals surface area contributed by atoms with E-state index in [-0.39, 0.29) is 0 Å². The molecule has 3 heteroatoms. The van der Waals surface area contributed by atoms with Gasteiger partial charge in [0, 0.05) is 10.9 Å². The van der Waals surface area contributed by atoms with Crippen LogP contribution in [0.5, 0.6) is 5.75 Å². The van der Waals surface area contributed by atoms with E-state index in [0.717, 1.165) is 34.5 Å². The van der Waals surface area contributed by atoms with Crippen LogP contribution in [0.2, 0.25) is 5.02 Å². The molecule has 1 aromatic carbocycles. The van der Waals surface area contributed by atoms with Gasteiger partial charge in [0.15, 0.2) is 0 Å².